The lowest BCUT2D eigenvalue weighted by Gasteiger charge is -2.17. The van der Waals surface area contributed by atoms with Gasteiger partial charge < -0.3 is 28.4 Å². The zero-order valence-electron chi connectivity index (χ0n) is 27.1. The van der Waals surface area contributed by atoms with E-state index in [2.05, 4.69) is 18.0 Å². The Morgan fingerprint density at radius 2 is 1.38 bits per heavy atom. The molecule has 252 valence electrons. The number of rotatable bonds is 18. The summed E-state index contributed by atoms with van der Waals surface area (Å²) < 4.78 is 33.1. The van der Waals surface area contributed by atoms with E-state index in [-0.39, 0.29) is 56.1 Å². The van der Waals surface area contributed by atoms with Crippen LogP contribution in [-0.2, 0) is 38.1 Å². The number of hydrogen-bond donors (Lipinski definition) is 0. The minimum absolute atomic E-state index is 0.0534. The van der Waals surface area contributed by atoms with Crippen molar-refractivity contribution in [1.29, 1.82) is 5.26 Å². The van der Waals surface area contributed by atoms with Crippen LogP contribution in [0.4, 0.5) is 0 Å². The summed E-state index contributed by atoms with van der Waals surface area (Å²) in [6, 6.07) is 3.70. The summed E-state index contributed by atoms with van der Waals surface area (Å²) in [5.41, 5.74) is 1.19. The van der Waals surface area contributed by atoms with E-state index in [0.717, 1.165) is 5.56 Å². The van der Waals surface area contributed by atoms with Gasteiger partial charge in [-0.25, -0.2) is 19.7 Å². The van der Waals surface area contributed by atoms with Crippen molar-refractivity contribution in [2.45, 2.75) is 82.3 Å². The Balaban J connectivity index is 1.98. The molecule has 0 bridgehead atoms. The molecule has 0 radical (unpaired) electrons. The Labute approximate surface area is 283 Å². The Hall–Kier alpha value is -4.40. The highest BCUT2D eigenvalue weighted by atomic mass is 32.2. The number of fused-ring (bicyclic) bond motifs is 1. The summed E-state index contributed by atoms with van der Waals surface area (Å²) in [5, 5.41) is 9.45. The summed E-state index contributed by atoms with van der Waals surface area (Å²) in [6.07, 6.45) is -0.390. The van der Waals surface area contributed by atoms with E-state index in [1.54, 1.807) is 19.9 Å². The Morgan fingerprint density at radius 3 is 1.85 bits per heavy atom. The van der Waals surface area contributed by atoms with Gasteiger partial charge in [0.05, 0.1) is 39.9 Å². The van der Waals surface area contributed by atoms with Gasteiger partial charge in [0, 0.05) is 24.0 Å². The van der Waals surface area contributed by atoms with Crippen molar-refractivity contribution in [3.05, 3.63) is 57.3 Å². The van der Waals surface area contributed by atoms with Crippen LogP contribution >= 0.6 is 23.5 Å². The maximum atomic E-state index is 12.2. The van der Waals surface area contributed by atoms with E-state index < -0.39 is 36.1 Å². The Morgan fingerprint density at radius 1 is 0.894 bits per heavy atom. The number of thioether (sulfide) groups is 2. The molecular formula is C33H38N2O10S2. The molecule has 47 heavy (non-hydrogen) atoms. The lowest BCUT2D eigenvalue weighted by Crippen LogP contribution is -2.22. The lowest BCUT2D eigenvalue weighted by atomic mass is 10.2. The van der Waals surface area contributed by atoms with Crippen molar-refractivity contribution >= 4 is 47.4 Å². The fourth-order valence-corrected chi connectivity index (χ4v) is 6.25. The largest absolute Gasteiger partial charge is 0.492 e. The molecule has 0 saturated carbocycles. The van der Waals surface area contributed by atoms with E-state index in [1.807, 2.05) is 13.0 Å². The van der Waals surface area contributed by atoms with Crippen molar-refractivity contribution in [3.63, 3.8) is 0 Å². The van der Waals surface area contributed by atoms with Crippen molar-refractivity contribution in [2.24, 2.45) is 0 Å². The van der Waals surface area contributed by atoms with Gasteiger partial charge in [0.2, 0.25) is 0 Å². The highest BCUT2D eigenvalue weighted by molar-refractivity contribution is 8.24. The third-order valence-corrected chi connectivity index (χ3v) is 8.55. The van der Waals surface area contributed by atoms with E-state index in [4.69, 9.17) is 35.0 Å². The predicted molar refractivity (Wildman–Crippen MR) is 174 cm³/mol. The summed E-state index contributed by atoms with van der Waals surface area (Å²) in [4.78, 5) is 52.2. The second-order valence-electron chi connectivity index (χ2n) is 10.5. The number of carbonyl (C=O) groups excluding carboxylic acids is 4. The minimum Gasteiger partial charge on any atom is -0.492 e. The van der Waals surface area contributed by atoms with Crippen LogP contribution < -0.4 is 9.47 Å². The number of carbonyl (C=O) groups is 4. The van der Waals surface area contributed by atoms with Crippen molar-refractivity contribution in [1.82, 2.24) is 0 Å². The van der Waals surface area contributed by atoms with Gasteiger partial charge in [0.1, 0.15) is 36.9 Å². The van der Waals surface area contributed by atoms with Gasteiger partial charge in [-0.3, -0.25) is 9.59 Å². The molecule has 1 aromatic rings. The Kier molecular flexibility index (Phi) is 15.9. The van der Waals surface area contributed by atoms with Crippen LogP contribution in [0.15, 0.2) is 50.1 Å². The molecule has 0 amide bonds. The molecule has 12 nitrogen and oxygen atoms in total. The van der Waals surface area contributed by atoms with Gasteiger partial charge in [0.25, 0.3) is 5.70 Å². The van der Waals surface area contributed by atoms with E-state index in [1.165, 1.54) is 37.4 Å². The van der Waals surface area contributed by atoms with Crippen LogP contribution in [0.2, 0.25) is 0 Å². The monoisotopic (exact) mass is 686 g/mol. The number of nitriles is 1. The van der Waals surface area contributed by atoms with Crippen LogP contribution in [0, 0.1) is 24.8 Å². The number of ether oxygens (including phenoxy) is 6. The molecule has 1 aliphatic rings. The predicted octanol–water partition coefficient (Wildman–Crippen LogP) is 6.22. The quantitative estimate of drug-likeness (QED) is 0.0429. The van der Waals surface area contributed by atoms with Gasteiger partial charge in [-0.1, -0.05) is 36.7 Å². The maximum Gasteiger partial charge on any atom is 0.333 e. The number of benzene rings is 1. The number of aryl methyl sites for hydroxylation is 1. The molecule has 0 spiro atoms. The van der Waals surface area contributed by atoms with Crippen LogP contribution in [0.5, 0.6) is 11.5 Å². The average Bonchev–Trinajstić information content (AvgIpc) is 3.45. The number of esters is 4. The summed E-state index contributed by atoms with van der Waals surface area (Å²) in [7, 11) is 0. The van der Waals surface area contributed by atoms with E-state index in [0.29, 0.717) is 38.4 Å². The third-order valence-electron chi connectivity index (χ3n) is 5.96. The summed E-state index contributed by atoms with van der Waals surface area (Å²) in [6.45, 7) is 22.7. The normalized spacial score (nSPS) is 13.9. The van der Waals surface area contributed by atoms with E-state index in [9.17, 15) is 24.4 Å². The lowest BCUT2D eigenvalue weighted by molar-refractivity contribution is -0.156. The van der Waals surface area contributed by atoms with Crippen LogP contribution in [0.3, 0.4) is 0 Å². The minimum atomic E-state index is -0.618. The number of allylic oxidation sites excluding steroid dienone is 1. The van der Waals surface area contributed by atoms with Crippen LogP contribution in [0.25, 0.3) is 4.85 Å². The van der Waals surface area contributed by atoms with Gasteiger partial charge in [0.15, 0.2) is 0 Å². The second-order valence-corrected chi connectivity index (χ2v) is 12.8. The second kappa shape index (κ2) is 19.3. The van der Waals surface area contributed by atoms with Gasteiger partial charge in [-0.2, -0.15) is 0 Å². The third kappa shape index (κ3) is 12.7. The standard InChI is InChI=1S/C33H38N2O10S2/c1-19(2)31(38)42-17-22(6)44-26(36)11-9-13-40-25-15-21(5)28(30-29(25)46-33(47-30)24(16-34)35-8)41-14-10-12-27(37)45-23(7)18-43-32(39)20(3)4/h15,22-23H,1,3,9-14,17-18H2,2,4-7H3/b33-24+. The van der Waals surface area contributed by atoms with Crippen LogP contribution in [0.1, 0.15) is 58.9 Å². The first-order valence-electron chi connectivity index (χ1n) is 14.6. The van der Waals surface area contributed by atoms with Crippen molar-refractivity contribution in [3.8, 4) is 17.6 Å². The van der Waals surface area contributed by atoms with Crippen LogP contribution in [-0.4, -0.2) is 62.5 Å². The van der Waals surface area contributed by atoms with Gasteiger partial charge in [-0.15, -0.1) is 0 Å². The summed E-state index contributed by atoms with van der Waals surface area (Å²) in [5.74, 6) is -0.987. The molecular weight excluding hydrogens is 649 g/mol. The molecule has 0 N–H and O–H groups in total. The SMILES string of the molecule is [C-]#[N+]/C(C#N)=C1\Sc2c(OCCCC(=O)OC(C)COC(=O)C(=C)C)cc(C)c(OCCCC(=O)OC(C)COC(=O)C(=C)C)c2S1. The molecule has 1 heterocycles. The average molecular weight is 687 g/mol. The first-order valence-corrected chi connectivity index (χ1v) is 16.3. The number of hydrogen-bond acceptors (Lipinski definition) is 13. The molecule has 0 saturated heterocycles. The maximum absolute atomic E-state index is 12.2. The molecule has 1 aromatic carbocycles. The molecule has 0 aliphatic carbocycles. The zero-order chi connectivity index (χ0) is 35.1. The first-order chi connectivity index (χ1) is 22.3. The Bertz CT molecular complexity index is 1490. The fourth-order valence-electron chi connectivity index (χ4n) is 3.67. The smallest absolute Gasteiger partial charge is 0.333 e. The number of nitrogens with zero attached hydrogens (tertiary/aromatic N) is 2. The molecule has 0 fully saturated rings. The summed E-state index contributed by atoms with van der Waals surface area (Å²) >= 11 is 2.47. The zero-order valence-corrected chi connectivity index (χ0v) is 28.7. The topological polar surface area (TPSA) is 152 Å². The molecule has 0 aromatic heterocycles. The molecule has 1 aliphatic heterocycles. The molecule has 2 atom stereocenters. The highest BCUT2D eigenvalue weighted by Crippen LogP contribution is 2.59. The van der Waals surface area contributed by atoms with Crippen molar-refractivity contribution in [2.75, 3.05) is 26.4 Å². The highest BCUT2D eigenvalue weighted by Gasteiger charge is 2.30. The first kappa shape index (κ1) is 38.8. The van der Waals surface area contributed by atoms with Gasteiger partial charge in [-0.05, 0) is 59.1 Å². The van der Waals surface area contributed by atoms with Crippen molar-refractivity contribution < 1.29 is 47.6 Å². The molecule has 14 heteroatoms. The van der Waals surface area contributed by atoms with Gasteiger partial charge >= 0.3 is 23.9 Å². The fraction of sp³-hybridized carbons (Fsp3) is 0.455. The molecule has 2 unspecified atom stereocenters. The molecule has 2 rings (SSSR count). The van der Waals surface area contributed by atoms with E-state index >= 15 is 0 Å².